The Balaban J connectivity index is 2.12. The molecule has 4 heteroatoms. The van der Waals surface area contributed by atoms with Crippen LogP contribution in [0.2, 0.25) is 5.02 Å². The van der Waals surface area contributed by atoms with Gasteiger partial charge in [0.2, 0.25) is 0 Å². The van der Waals surface area contributed by atoms with Gasteiger partial charge in [0.05, 0.1) is 17.7 Å². The van der Waals surface area contributed by atoms with Crippen LogP contribution in [0.5, 0.6) is 5.75 Å². The van der Waals surface area contributed by atoms with Crippen LogP contribution in [0.1, 0.15) is 43.2 Å². The molecule has 21 heavy (non-hydrogen) atoms. The fourth-order valence-corrected chi connectivity index (χ4v) is 3.44. The maximum Gasteiger partial charge on any atom is 0.119 e. The summed E-state index contributed by atoms with van der Waals surface area (Å²) in [6.45, 7) is 5.95. The summed E-state index contributed by atoms with van der Waals surface area (Å²) in [5.74, 6) is 0.930. The number of benzene rings is 1. The van der Waals surface area contributed by atoms with E-state index in [1.807, 2.05) is 23.6 Å². The van der Waals surface area contributed by atoms with Crippen LogP contribution >= 0.6 is 22.9 Å². The van der Waals surface area contributed by atoms with E-state index in [0.717, 1.165) is 41.6 Å². The summed E-state index contributed by atoms with van der Waals surface area (Å²) in [5, 5.41) is 6.36. The van der Waals surface area contributed by atoms with E-state index in [1.54, 1.807) is 11.3 Å². The number of thiophene rings is 1. The lowest BCUT2D eigenvalue weighted by molar-refractivity contribution is 0.309. The highest BCUT2D eigenvalue weighted by Crippen LogP contribution is 2.33. The van der Waals surface area contributed by atoms with Crippen LogP contribution in [0, 0.1) is 0 Å². The highest BCUT2D eigenvalue weighted by molar-refractivity contribution is 7.10. The third-order valence-electron chi connectivity index (χ3n) is 3.30. The largest absolute Gasteiger partial charge is 0.494 e. The van der Waals surface area contributed by atoms with Crippen LogP contribution in [-0.4, -0.2) is 13.2 Å². The average molecular weight is 324 g/mol. The molecule has 0 radical (unpaired) electrons. The van der Waals surface area contributed by atoms with Crippen molar-refractivity contribution in [2.75, 3.05) is 13.2 Å². The van der Waals surface area contributed by atoms with Gasteiger partial charge in [-0.1, -0.05) is 44.0 Å². The number of hydrogen-bond donors (Lipinski definition) is 1. The van der Waals surface area contributed by atoms with Crippen LogP contribution in [0.4, 0.5) is 0 Å². The third-order valence-corrected chi connectivity index (χ3v) is 4.72. The SMILES string of the molecule is CCCCOc1ccc(C(NCC)c2sccc2Cl)cc1. The average Bonchev–Trinajstić information content (AvgIpc) is 2.92. The second-order valence-corrected chi connectivity index (χ2v) is 6.25. The zero-order chi connectivity index (χ0) is 15.1. The summed E-state index contributed by atoms with van der Waals surface area (Å²) in [6, 6.07) is 10.4. The standard InChI is InChI=1S/C17H22ClNOS/c1-3-5-11-20-14-8-6-13(7-9-14)16(19-4-2)17-15(18)10-12-21-17/h6-10,12,16,19H,3-5,11H2,1-2H3. The number of unbranched alkanes of at least 4 members (excludes halogenated alkanes) is 1. The summed E-state index contributed by atoms with van der Waals surface area (Å²) in [4.78, 5) is 1.16. The summed E-state index contributed by atoms with van der Waals surface area (Å²) in [7, 11) is 0. The molecule has 0 saturated carbocycles. The Bertz CT molecular complexity index is 538. The Kier molecular flexibility index (Phi) is 6.55. The molecule has 1 aromatic carbocycles. The Morgan fingerprint density at radius 1 is 1.19 bits per heavy atom. The van der Waals surface area contributed by atoms with Crippen molar-refractivity contribution in [1.82, 2.24) is 5.32 Å². The Labute approximate surface area is 136 Å². The first kappa shape index (κ1) is 16.3. The smallest absolute Gasteiger partial charge is 0.119 e. The lowest BCUT2D eigenvalue weighted by Gasteiger charge is -2.18. The van der Waals surface area contributed by atoms with Gasteiger partial charge in [0.1, 0.15) is 5.75 Å². The van der Waals surface area contributed by atoms with Crippen LogP contribution < -0.4 is 10.1 Å². The van der Waals surface area contributed by atoms with Crippen LogP contribution in [-0.2, 0) is 0 Å². The quantitative estimate of drug-likeness (QED) is 0.667. The number of nitrogens with one attached hydrogen (secondary N) is 1. The van der Waals surface area contributed by atoms with Crippen molar-refractivity contribution in [1.29, 1.82) is 0 Å². The van der Waals surface area contributed by atoms with Crippen molar-refractivity contribution in [2.24, 2.45) is 0 Å². The number of rotatable bonds is 8. The highest BCUT2D eigenvalue weighted by atomic mass is 35.5. The van der Waals surface area contributed by atoms with E-state index in [-0.39, 0.29) is 6.04 Å². The molecule has 2 aromatic rings. The van der Waals surface area contributed by atoms with Crippen molar-refractivity contribution in [2.45, 2.75) is 32.7 Å². The third kappa shape index (κ3) is 4.47. The molecule has 1 unspecified atom stereocenters. The topological polar surface area (TPSA) is 21.3 Å². The van der Waals surface area contributed by atoms with Crippen molar-refractivity contribution >= 4 is 22.9 Å². The summed E-state index contributed by atoms with van der Waals surface area (Å²) in [6.07, 6.45) is 2.24. The molecule has 0 fully saturated rings. The predicted molar refractivity (Wildman–Crippen MR) is 91.7 cm³/mol. The first-order valence-electron chi connectivity index (χ1n) is 7.45. The molecular weight excluding hydrogens is 302 g/mol. The van der Waals surface area contributed by atoms with Crippen molar-refractivity contribution in [3.05, 3.63) is 51.2 Å². The van der Waals surface area contributed by atoms with Gasteiger partial charge in [-0.05, 0) is 42.1 Å². The van der Waals surface area contributed by atoms with Gasteiger partial charge in [0, 0.05) is 4.88 Å². The maximum atomic E-state index is 6.28. The molecule has 0 aliphatic rings. The molecule has 114 valence electrons. The van der Waals surface area contributed by atoms with E-state index in [0.29, 0.717) is 0 Å². The lowest BCUT2D eigenvalue weighted by Crippen LogP contribution is -2.21. The molecule has 2 nitrogen and oxygen atoms in total. The molecule has 1 N–H and O–H groups in total. The van der Waals surface area contributed by atoms with E-state index in [2.05, 4.69) is 31.3 Å². The molecule has 1 heterocycles. The summed E-state index contributed by atoms with van der Waals surface area (Å²) >= 11 is 7.97. The predicted octanol–water partition coefficient (Wildman–Crippen LogP) is 5.28. The highest BCUT2D eigenvalue weighted by Gasteiger charge is 2.17. The molecule has 0 aliphatic carbocycles. The van der Waals surface area contributed by atoms with Gasteiger partial charge in [-0.2, -0.15) is 0 Å². The molecule has 0 saturated heterocycles. The minimum Gasteiger partial charge on any atom is -0.494 e. The monoisotopic (exact) mass is 323 g/mol. The zero-order valence-corrected chi connectivity index (χ0v) is 14.1. The van der Waals surface area contributed by atoms with E-state index < -0.39 is 0 Å². The number of halogens is 1. The molecule has 0 spiro atoms. The van der Waals surface area contributed by atoms with Crippen LogP contribution in [0.3, 0.4) is 0 Å². The van der Waals surface area contributed by atoms with Gasteiger partial charge in [-0.15, -0.1) is 11.3 Å². The first-order valence-corrected chi connectivity index (χ1v) is 8.71. The number of ether oxygens (including phenoxy) is 1. The lowest BCUT2D eigenvalue weighted by atomic mass is 10.1. The summed E-state index contributed by atoms with van der Waals surface area (Å²) in [5.41, 5.74) is 1.21. The van der Waals surface area contributed by atoms with E-state index in [4.69, 9.17) is 16.3 Å². The van der Waals surface area contributed by atoms with Crippen molar-refractivity contribution in [3.63, 3.8) is 0 Å². The molecule has 0 bridgehead atoms. The fraction of sp³-hybridized carbons (Fsp3) is 0.412. The van der Waals surface area contributed by atoms with E-state index in [1.165, 1.54) is 5.56 Å². The number of hydrogen-bond acceptors (Lipinski definition) is 3. The molecular formula is C17H22ClNOS. The Morgan fingerprint density at radius 3 is 2.52 bits per heavy atom. The second kappa shape index (κ2) is 8.42. The zero-order valence-electron chi connectivity index (χ0n) is 12.6. The van der Waals surface area contributed by atoms with Crippen molar-refractivity contribution < 1.29 is 4.74 Å². The molecule has 2 rings (SSSR count). The molecule has 0 amide bonds. The van der Waals surface area contributed by atoms with Gasteiger partial charge in [-0.25, -0.2) is 0 Å². The Morgan fingerprint density at radius 2 is 1.95 bits per heavy atom. The first-order chi connectivity index (χ1) is 10.3. The van der Waals surface area contributed by atoms with Gasteiger partial charge in [-0.3, -0.25) is 0 Å². The van der Waals surface area contributed by atoms with Gasteiger partial charge < -0.3 is 10.1 Å². The van der Waals surface area contributed by atoms with Crippen LogP contribution in [0.15, 0.2) is 35.7 Å². The fourth-order valence-electron chi connectivity index (χ4n) is 2.17. The van der Waals surface area contributed by atoms with Gasteiger partial charge in [0.25, 0.3) is 0 Å². The molecule has 1 atom stereocenters. The van der Waals surface area contributed by atoms with Gasteiger partial charge >= 0.3 is 0 Å². The minimum atomic E-state index is 0.146. The van der Waals surface area contributed by atoms with E-state index >= 15 is 0 Å². The van der Waals surface area contributed by atoms with E-state index in [9.17, 15) is 0 Å². The summed E-state index contributed by atoms with van der Waals surface area (Å²) < 4.78 is 5.71. The second-order valence-electron chi connectivity index (χ2n) is 4.89. The van der Waals surface area contributed by atoms with Gasteiger partial charge in [0.15, 0.2) is 0 Å². The Hall–Kier alpha value is -1.03. The minimum absolute atomic E-state index is 0.146. The van der Waals surface area contributed by atoms with Crippen LogP contribution in [0.25, 0.3) is 0 Å². The molecule has 0 aliphatic heterocycles. The normalized spacial score (nSPS) is 12.3. The molecule has 1 aromatic heterocycles. The van der Waals surface area contributed by atoms with Crippen molar-refractivity contribution in [3.8, 4) is 5.75 Å². The maximum absolute atomic E-state index is 6.28.